The molecule has 0 saturated heterocycles. The first-order valence-electron chi connectivity index (χ1n) is 27.7. The molecule has 0 N–H and O–H groups in total. The van der Waals surface area contributed by atoms with Gasteiger partial charge in [-0.25, -0.2) is 0 Å². The number of carbonyl (C=O) groups is 3. The normalized spacial score (nSPS) is 12.8. The van der Waals surface area contributed by atoms with Crippen LogP contribution in [0.2, 0.25) is 0 Å². The average Bonchev–Trinajstić information content (AvgIpc) is 3.33. The fourth-order valence-electron chi connectivity index (χ4n) is 7.38. The van der Waals surface area contributed by atoms with Crippen LogP contribution in [0.1, 0.15) is 252 Å². The molecule has 0 aromatic rings. The zero-order valence-electron chi connectivity index (χ0n) is 43.6. The van der Waals surface area contributed by atoms with Crippen molar-refractivity contribution in [3.8, 4) is 0 Å². The lowest BCUT2D eigenvalue weighted by Crippen LogP contribution is -2.30. The standard InChI is InChI=1S/C61H102O6/c1-4-7-10-13-16-19-22-25-27-29-30-32-33-36-39-42-45-48-51-54-60(63)66-57-58(56-65-59(62)53-50-47-44-41-38-35-24-21-18-15-12-9-6-3)67-61(64)55-52-49-46-43-40-37-34-31-28-26-23-20-17-14-11-8-5-2/h8,11,16-17,19-21,24-28,34,37,43,46,58H,4-7,9-10,12-15,18,22-23,29-33,35-36,38-42,44-45,47-57H2,1-3H3/b11-8-,19-16-,20-17-,24-21-,27-25-,28-26-,37-34-,46-43-. The Kier molecular flexibility index (Phi) is 51.9. The van der Waals surface area contributed by atoms with Gasteiger partial charge in [0.25, 0.3) is 0 Å². The maximum absolute atomic E-state index is 12.8. The van der Waals surface area contributed by atoms with Crippen LogP contribution < -0.4 is 0 Å². The second-order valence-electron chi connectivity index (χ2n) is 18.1. The maximum atomic E-state index is 12.8. The molecule has 6 nitrogen and oxygen atoms in total. The van der Waals surface area contributed by atoms with E-state index < -0.39 is 6.10 Å². The van der Waals surface area contributed by atoms with Crippen molar-refractivity contribution in [3.05, 3.63) is 97.2 Å². The highest BCUT2D eigenvalue weighted by molar-refractivity contribution is 5.71. The van der Waals surface area contributed by atoms with Gasteiger partial charge in [-0.15, -0.1) is 0 Å². The molecule has 0 rings (SSSR count). The van der Waals surface area contributed by atoms with Gasteiger partial charge in [-0.05, 0) is 116 Å². The van der Waals surface area contributed by atoms with E-state index in [1.165, 1.54) is 109 Å². The predicted octanol–water partition coefficient (Wildman–Crippen LogP) is 18.5. The lowest BCUT2D eigenvalue weighted by molar-refractivity contribution is -0.167. The van der Waals surface area contributed by atoms with Gasteiger partial charge in [0.1, 0.15) is 13.2 Å². The number of hydrogen-bond acceptors (Lipinski definition) is 6. The van der Waals surface area contributed by atoms with Gasteiger partial charge >= 0.3 is 17.9 Å². The van der Waals surface area contributed by atoms with Crippen molar-refractivity contribution < 1.29 is 28.6 Å². The first kappa shape index (κ1) is 63.3. The summed E-state index contributed by atoms with van der Waals surface area (Å²) < 4.78 is 16.8. The molecule has 0 amide bonds. The van der Waals surface area contributed by atoms with Crippen molar-refractivity contribution in [1.29, 1.82) is 0 Å². The summed E-state index contributed by atoms with van der Waals surface area (Å²) in [6, 6.07) is 0. The van der Waals surface area contributed by atoms with Crippen molar-refractivity contribution in [1.82, 2.24) is 0 Å². The van der Waals surface area contributed by atoms with Gasteiger partial charge in [0.2, 0.25) is 0 Å². The van der Waals surface area contributed by atoms with E-state index in [0.29, 0.717) is 19.3 Å². The quantitative estimate of drug-likeness (QED) is 0.0262. The highest BCUT2D eigenvalue weighted by Crippen LogP contribution is 2.14. The van der Waals surface area contributed by atoms with E-state index in [1.54, 1.807) is 0 Å². The van der Waals surface area contributed by atoms with Gasteiger partial charge in [0.05, 0.1) is 0 Å². The minimum absolute atomic E-state index is 0.105. The summed E-state index contributed by atoms with van der Waals surface area (Å²) in [6.07, 6.45) is 72.5. The van der Waals surface area contributed by atoms with Gasteiger partial charge in [0.15, 0.2) is 6.10 Å². The summed E-state index contributed by atoms with van der Waals surface area (Å²) in [5.41, 5.74) is 0. The van der Waals surface area contributed by atoms with Gasteiger partial charge in [0, 0.05) is 19.3 Å². The minimum Gasteiger partial charge on any atom is -0.462 e. The third-order valence-corrected chi connectivity index (χ3v) is 11.5. The number of unbranched alkanes of at least 4 members (excludes halogenated alkanes) is 22. The Morgan fingerprint density at radius 1 is 0.313 bits per heavy atom. The van der Waals surface area contributed by atoms with Gasteiger partial charge < -0.3 is 14.2 Å². The molecule has 6 heteroatoms. The smallest absolute Gasteiger partial charge is 0.306 e. The van der Waals surface area contributed by atoms with E-state index in [1.807, 2.05) is 0 Å². The summed E-state index contributed by atoms with van der Waals surface area (Å²) in [7, 11) is 0. The molecule has 0 aliphatic heterocycles. The number of hydrogen-bond donors (Lipinski definition) is 0. The Morgan fingerprint density at radius 3 is 1.00 bits per heavy atom. The molecule has 0 fully saturated rings. The fraction of sp³-hybridized carbons (Fsp3) is 0.689. The summed E-state index contributed by atoms with van der Waals surface area (Å²) >= 11 is 0. The van der Waals surface area contributed by atoms with Crippen LogP contribution in [0, 0.1) is 0 Å². The third kappa shape index (κ3) is 53.2. The number of esters is 3. The van der Waals surface area contributed by atoms with Crippen molar-refractivity contribution in [2.45, 2.75) is 258 Å². The number of rotatable bonds is 49. The second kappa shape index (κ2) is 54.9. The van der Waals surface area contributed by atoms with Crippen LogP contribution in [0.3, 0.4) is 0 Å². The summed E-state index contributed by atoms with van der Waals surface area (Å²) in [4.78, 5) is 38.1. The van der Waals surface area contributed by atoms with Crippen LogP contribution in [0.25, 0.3) is 0 Å². The molecule has 1 atom stereocenters. The predicted molar refractivity (Wildman–Crippen MR) is 288 cm³/mol. The van der Waals surface area contributed by atoms with E-state index in [4.69, 9.17) is 14.2 Å². The Hall–Kier alpha value is -3.67. The van der Waals surface area contributed by atoms with Crippen molar-refractivity contribution in [3.63, 3.8) is 0 Å². The van der Waals surface area contributed by atoms with Gasteiger partial charge in [-0.2, -0.15) is 0 Å². The Morgan fingerprint density at radius 2 is 0.597 bits per heavy atom. The van der Waals surface area contributed by atoms with Crippen LogP contribution in [-0.2, 0) is 28.6 Å². The largest absolute Gasteiger partial charge is 0.462 e. The molecule has 0 aromatic carbocycles. The van der Waals surface area contributed by atoms with Gasteiger partial charge in [-0.1, -0.05) is 214 Å². The molecule has 1 unspecified atom stereocenters. The molecule has 382 valence electrons. The lowest BCUT2D eigenvalue weighted by atomic mass is 10.1. The van der Waals surface area contributed by atoms with Crippen LogP contribution in [-0.4, -0.2) is 37.2 Å². The SMILES string of the molecule is CC/C=C\C/C=C\C/C=C\C/C=C\C/C=C\CCCC(=O)OC(COC(=O)CCCCCCC/C=C\CCCCCC)COC(=O)CCCCCCCCCCC/C=C\C/C=C\CCCCC. The summed E-state index contributed by atoms with van der Waals surface area (Å²) in [6.45, 7) is 6.43. The summed E-state index contributed by atoms with van der Waals surface area (Å²) in [5.74, 6) is -0.977. The maximum Gasteiger partial charge on any atom is 0.306 e. The minimum atomic E-state index is -0.813. The number of ether oxygens (including phenoxy) is 3. The third-order valence-electron chi connectivity index (χ3n) is 11.5. The van der Waals surface area contributed by atoms with E-state index in [-0.39, 0.29) is 37.5 Å². The molecule has 67 heavy (non-hydrogen) atoms. The number of allylic oxidation sites excluding steroid dienone is 16. The molecule has 0 heterocycles. The molecule has 0 aliphatic rings. The molecule has 0 saturated carbocycles. The average molecular weight is 931 g/mol. The Balaban J connectivity index is 4.47. The second-order valence-corrected chi connectivity index (χ2v) is 18.1. The van der Waals surface area contributed by atoms with E-state index in [9.17, 15) is 14.4 Å². The molecular formula is C61H102O6. The Labute approximate surface area is 413 Å². The highest BCUT2D eigenvalue weighted by Gasteiger charge is 2.19. The van der Waals surface area contributed by atoms with Crippen LogP contribution >= 0.6 is 0 Å². The zero-order valence-corrected chi connectivity index (χ0v) is 43.6. The van der Waals surface area contributed by atoms with Gasteiger partial charge in [-0.3, -0.25) is 14.4 Å². The van der Waals surface area contributed by atoms with Crippen molar-refractivity contribution >= 4 is 17.9 Å². The first-order chi connectivity index (χ1) is 33.0. The monoisotopic (exact) mass is 931 g/mol. The van der Waals surface area contributed by atoms with E-state index >= 15 is 0 Å². The molecule has 0 aromatic heterocycles. The Bertz CT molecular complexity index is 1350. The summed E-state index contributed by atoms with van der Waals surface area (Å²) in [5, 5.41) is 0. The molecule has 0 radical (unpaired) electrons. The van der Waals surface area contributed by atoms with Crippen molar-refractivity contribution in [2.24, 2.45) is 0 Å². The molecule has 0 bridgehead atoms. The molecule has 0 aliphatic carbocycles. The zero-order chi connectivity index (χ0) is 48.6. The van der Waals surface area contributed by atoms with Crippen molar-refractivity contribution in [2.75, 3.05) is 13.2 Å². The van der Waals surface area contributed by atoms with Crippen LogP contribution in [0.5, 0.6) is 0 Å². The first-order valence-corrected chi connectivity index (χ1v) is 27.7. The van der Waals surface area contributed by atoms with Crippen LogP contribution in [0.4, 0.5) is 0 Å². The fourth-order valence-corrected chi connectivity index (χ4v) is 7.38. The molecular weight excluding hydrogens is 829 g/mol. The van der Waals surface area contributed by atoms with Crippen LogP contribution in [0.15, 0.2) is 97.2 Å². The number of carbonyl (C=O) groups excluding carboxylic acids is 3. The highest BCUT2D eigenvalue weighted by atomic mass is 16.6. The topological polar surface area (TPSA) is 78.9 Å². The van der Waals surface area contributed by atoms with E-state index in [0.717, 1.165) is 96.3 Å². The van der Waals surface area contributed by atoms with E-state index in [2.05, 4.69) is 118 Å². The lowest BCUT2D eigenvalue weighted by Gasteiger charge is -2.18. The molecule has 0 spiro atoms.